The van der Waals surface area contributed by atoms with E-state index in [-0.39, 0.29) is 16.6 Å². The van der Waals surface area contributed by atoms with E-state index in [1.54, 1.807) is 12.1 Å². The number of rotatable bonds is 4. The Kier molecular flexibility index (Phi) is 4.49. The largest absolute Gasteiger partial charge is 0.345 e. The van der Waals surface area contributed by atoms with Crippen LogP contribution in [0.1, 0.15) is 21.9 Å². The second-order valence-corrected chi connectivity index (χ2v) is 4.53. The molecule has 0 saturated heterocycles. The Morgan fingerprint density at radius 2 is 2.10 bits per heavy atom. The van der Waals surface area contributed by atoms with E-state index < -0.39 is 0 Å². The standard InChI is InChI=1S/C13H14ClN5O/c1-8-3-2-4-9(17-8)7-16-13(20)12-10(14)5-6-11(18-12)19-15/h2-6H,7,15H2,1H3,(H,16,20)(H,18,19). The lowest BCUT2D eigenvalue weighted by Gasteiger charge is -2.07. The van der Waals surface area contributed by atoms with Crippen molar-refractivity contribution in [2.24, 2.45) is 5.84 Å². The SMILES string of the molecule is Cc1cccc(CNC(=O)c2nc(NN)ccc2Cl)n1. The van der Waals surface area contributed by atoms with Gasteiger partial charge in [-0.05, 0) is 31.2 Å². The van der Waals surface area contributed by atoms with Gasteiger partial charge in [-0.3, -0.25) is 9.78 Å². The number of hydrogen-bond acceptors (Lipinski definition) is 5. The molecule has 2 aromatic rings. The number of hydrazine groups is 1. The van der Waals surface area contributed by atoms with Crippen LogP contribution < -0.4 is 16.6 Å². The molecule has 0 aliphatic carbocycles. The number of nitrogens with zero attached hydrogens (tertiary/aromatic N) is 2. The first-order valence-corrected chi connectivity index (χ1v) is 6.32. The third kappa shape index (κ3) is 3.43. The molecule has 0 spiro atoms. The Balaban J connectivity index is 2.08. The summed E-state index contributed by atoms with van der Waals surface area (Å²) in [4.78, 5) is 20.4. The van der Waals surface area contributed by atoms with Crippen LogP contribution in [0.4, 0.5) is 5.82 Å². The van der Waals surface area contributed by atoms with Gasteiger partial charge in [-0.25, -0.2) is 10.8 Å². The monoisotopic (exact) mass is 291 g/mol. The van der Waals surface area contributed by atoms with E-state index >= 15 is 0 Å². The third-order valence-electron chi connectivity index (χ3n) is 2.59. The zero-order valence-corrected chi connectivity index (χ0v) is 11.6. The number of carbonyl (C=O) groups is 1. The lowest BCUT2D eigenvalue weighted by molar-refractivity contribution is 0.0945. The molecule has 0 radical (unpaired) electrons. The van der Waals surface area contributed by atoms with Crippen molar-refractivity contribution in [1.29, 1.82) is 0 Å². The zero-order chi connectivity index (χ0) is 14.5. The summed E-state index contributed by atoms with van der Waals surface area (Å²) in [7, 11) is 0. The van der Waals surface area contributed by atoms with Crippen molar-refractivity contribution in [3.8, 4) is 0 Å². The maximum absolute atomic E-state index is 12.0. The van der Waals surface area contributed by atoms with Crippen molar-refractivity contribution < 1.29 is 4.79 Å². The van der Waals surface area contributed by atoms with E-state index in [2.05, 4.69) is 20.7 Å². The van der Waals surface area contributed by atoms with Crippen molar-refractivity contribution in [1.82, 2.24) is 15.3 Å². The number of halogens is 1. The van der Waals surface area contributed by atoms with Gasteiger partial charge in [0.15, 0.2) is 0 Å². The minimum Gasteiger partial charge on any atom is -0.345 e. The second kappa shape index (κ2) is 6.31. The summed E-state index contributed by atoms with van der Waals surface area (Å²) in [5.41, 5.74) is 4.15. The predicted molar refractivity (Wildman–Crippen MR) is 77.2 cm³/mol. The molecule has 6 nitrogen and oxygen atoms in total. The Labute approximate surface area is 121 Å². The number of nitrogen functional groups attached to an aromatic ring is 1. The van der Waals surface area contributed by atoms with Gasteiger partial charge < -0.3 is 10.7 Å². The fraction of sp³-hybridized carbons (Fsp3) is 0.154. The van der Waals surface area contributed by atoms with Gasteiger partial charge in [0.05, 0.1) is 17.3 Å². The van der Waals surface area contributed by atoms with Crippen LogP contribution in [0.2, 0.25) is 5.02 Å². The molecule has 20 heavy (non-hydrogen) atoms. The van der Waals surface area contributed by atoms with Gasteiger partial charge in [0.2, 0.25) is 0 Å². The normalized spacial score (nSPS) is 10.2. The minimum atomic E-state index is -0.379. The average molecular weight is 292 g/mol. The maximum Gasteiger partial charge on any atom is 0.271 e. The minimum absolute atomic E-state index is 0.120. The summed E-state index contributed by atoms with van der Waals surface area (Å²) in [5.74, 6) is 5.24. The summed E-state index contributed by atoms with van der Waals surface area (Å²) in [6.45, 7) is 2.19. The highest BCUT2D eigenvalue weighted by Crippen LogP contribution is 2.16. The topological polar surface area (TPSA) is 92.9 Å². The molecule has 7 heteroatoms. The summed E-state index contributed by atoms with van der Waals surface area (Å²) in [5, 5.41) is 2.98. The number of nitrogens with one attached hydrogen (secondary N) is 2. The van der Waals surface area contributed by atoms with E-state index in [1.807, 2.05) is 25.1 Å². The number of anilines is 1. The summed E-state index contributed by atoms with van der Waals surface area (Å²) in [6, 6.07) is 8.75. The van der Waals surface area contributed by atoms with Crippen LogP contribution in [0.3, 0.4) is 0 Å². The van der Waals surface area contributed by atoms with Crippen LogP contribution >= 0.6 is 11.6 Å². The Morgan fingerprint density at radius 3 is 2.80 bits per heavy atom. The van der Waals surface area contributed by atoms with Gasteiger partial charge >= 0.3 is 0 Å². The molecule has 0 aromatic carbocycles. The quantitative estimate of drug-likeness (QED) is 0.588. The molecule has 104 valence electrons. The van der Waals surface area contributed by atoms with Crippen molar-refractivity contribution >= 4 is 23.3 Å². The molecular formula is C13H14ClN5O. The van der Waals surface area contributed by atoms with E-state index in [0.29, 0.717) is 12.4 Å². The fourth-order valence-electron chi connectivity index (χ4n) is 1.63. The molecule has 1 amide bonds. The number of aryl methyl sites for hydroxylation is 1. The number of pyridine rings is 2. The van der Waals surface area contributed by atoms with E-state index in [9.17, 15) is 4.79 Å². The number of amides is 1. The first-order chi connectivity index (χ1) is 9.60. The Morgan fingerprint density at radius 1 is 1.30 bits per heavy atom. The van der Waals surface area contributed by atoms with Crippen LogP contribution in [-0.4, -0.2) is 15.9 Å². The van der Waals surface area contributed by atoms with E-state index in [1.165, 1.54) is 0 Å². The summed E-state index contributed by atoms with van der Waals surface area (Å²) < 4.78 is 0. The molecule has 0 fully saturated rings. The van der Waals surface area contributed by atoms with E-state index in [4.69, 9.17) is 17.4 Å². The van der Waals surface area contributed by atoms with Gasteiger partial charge in [0, 0.05) is 5.69 Å². The summed E-state index contributed by atoms with van der Waals surface area (Å²) >= 11 is 5.95. The number of aromatic nitrogens is 2. The van der Waals surface area contributed by atoms with Gasteiger partial charge in [-0.15, -0.1) is 0 Å². The molecular weight excluding hydrogens is 278 g/mol. The van der Waals surface area contributed by atoms with Crippen LogP contribution in [-0.2, 0) is 6.54 Å². The van der Waals surface area contributed by atoms with Crippen LogP contribution in [0.25, 0.3) is 0 Å². The number of nitrogens with two attached hydrogens (primary N) is 1. The van der Waals surface area contributed by atoms with Gasteiger partial charge in [-0.1, -0.05) is 17.7 Å². The van der Waals surface area contributed by atoms with Crippen molar-refractivity contribution in [2.45, 2.75) is 13.5 Å². The van der Waals surface area contributed by atoms with Crippen LogP contribution in [0.5, 0.6) is 0 Å². The zero-order valence-electron chi connectivity index (χ0n) is 10.9. The number of hydrogen-bond donors (Lipinski definition) is 3. The first-order valence-electron chi connectivity index (χ1n) is 5.94. The molecule has 0 aliphatic heterocycles. The lowest BCUT2D eigenvalue weighted by atomic mass is 10.3. The lowest BCUT2D eigenvalue weighted by Crippen LogP contribution is -2.25. The molecule has 2 aromatic heterocycles. The molecule has 2 heterocycles. The number of carbonyl (C=O) groups excluding carboxylic acids is 1. The smallest absolute Gasteiger partial charge is 0.271 e. The van der Waals surface area contributed by atoms with Crippen molar-refractivity contribution in [3.05, 3.63) is 52.4 Å². The second-order valence-electron chi connectivity index (χ2n) is 4.12. The van der Waals surface area contributed by atoms with Crippen molar-refractivity contribution in [2.75, 3.05) is 5.43 Å². The molecule has 0 atom stereocenters. The highest BCUT2D eigenvalue weighted by Gasteiger charge is 2.13. The maximum atomic E-state index is 12.0. The predicted octanol–water partition coefficient (Wildman–Crippen LogP) is 1.65. The summed E-state index contributed by atoms with van der Waals surface area (Å²) in [6.07, 6.45) is 0. The molecule has 4 N–H and O–H groups in total. The van der Waals surface area contributed by atoms with Crippen LogP contribution in [0.15, 0.2) is 30.3 Å². The molecule has 0 aliphatic rings. The Hall–Kier alpha value is -2.18. The molecule has 0 unspecified atom stereocenters. The van der Waals surface area contributed by atoms with E-state index in [0.717, 1.165) is 11.4 Å². The van der Waals surface area contributed by atoms with Crippen LogP contribution in [0, 0.1) is 6.92 Å². The third-order valence-corrected chi connectivity index (χ3v) is 2.89. The van der Waals surface area contributed by atoms with Gasteiger partial charge in [0.1, 0.15) is 11.5 Å². The van der Waals surface area contributed by atoms with Gasteiger partial charge in [0.25, 0.3) is 5.91 Å². The van der Waals surface area contributed by atoms with Gasteiger partial charge in [-0.2, -0.15) is 0 Å². The molecule has 2 rings (SSSR count). The highest BCUT2D eigenvalue weighted by atomic mass is 35.5. The fourth-order valence-corrected chi connectivity index (χ4v) is 1.83. The molecule has 0 saturated carbocycles. The highest BCUT2D eigenvalue weighted by molar-refractivity contribution is 6.33. The van der Waals surface area contributed by atoms with Crippen molar-refractivity contribution in [3.63, 3.8) is 0 Å². The molecule has 0 bridgehead atoms. The first kappa shape index (κ1) is 14.2. The Bertz CT molecular complexity index is 632. The average Bonchev–Trinajstić information content (AvgIpc) is 2.45.